The van der Waals surface area contributed by atoms with Crippen LogP contribution in [0.15, 0.2) is 41.0 Å². The molecule has 1 aliphatic rings. The van der Waals surface area contributed by atoms with Gasteiger partial charge in [0.2, 0.25) is 0 Å². The molecule has 1 amide bonds. The average Bonchev–Trinajstić information content (AvgIpc) is 2.63. The second-order valence-corrected chi connectivity index (χ2v) is 6.33. The maximum Gasteiger partial charge on any atom is 0.274 e. The summed E-state index contributed by atoms with van der Waals surface area (Å²) in [7, 11) is 0. The van der Waals surface area contributed by atoms with E-state index >= 15 is 0 Å². The van der Waals surface area contributed by atoms with Gasteiger partial charge < -0.3 is 9.64 Å². The second-order valence-electron chi connectivity index (χ2n) is 5.47. The summed E-state index contributed by atoms with van der Waals surface area (Å²) in [6, 6.07) is 10.8. The van der Waals surface area contributed by atoms with Crippen LogP contribution < -0.4 is 4.74 Å². The smallest absolute Gasteiger partial charge is 0.274 e. The number of nitriles is 1. The third-order valence-corrected chi connectivity index (χ3v) is 4.54. The topological polar surface area (TPSA) is 79.1 Å². The van der Waals surface area contributed by atoms with Gasteiger partial charge in [-0.3, -0.25) is 4.79 Å². The van der Waals surface area contributed by atoms with Gasteiger partial charge in [0.1, 0.15) is 17.9 Å². The highest BCUT2D eigenvalue weighted by Gasteiger charge is 2.25. The predicted octanol–water partition coefficient (Wildman–Crippen LogP) is 2.79. The van der Waals surface area contributed by atoms with Crippen molar-refractivity contribution in [3.05, 3.63) is 52.3 Å². The molecular weight excluding hydrogens is 372 g/mol. The fourth-order valence-corrected chi connectivity index (χ4v) is 3.05. The molecule has 122 valence electrons. The lowest BCUT2D eigenvalue weighted by Crippen LogP contribution is -2.42. The van der Waals surface area contributed by atoms with Gasteiger partial charge in [0.15, 0.2) is 5.69 Å². The van der Waals surface area contributed by atoms with E-state index in [9.17, 15) is 4.79 Å². The van der Waals surface area contributed by atoms with Gasteiger partial charge in [-0.15, -0.1) is 5.10 Å². The average molecular weight is 387 g/mol. The molecule has 0 spiro atoms. The maximum absolute atomic E-state index is 12.3. The standard InChI is InChI=1S/C17H15BrN4O2/c18-15-10-14(4-3-12(15)11-19)24-13-5-8-22(9-6-13)17(23)16-2-1-7-20-21-16/h1-4,7,10,13H,5-6,8-9H2. The van der Waals surface area contributed by atoms with Crippen LogP contribution in [0, 0.1) is 11.3 Å². The van der Waals surface area contributed by atoms with Crippen LogP contribution in [0.2, 0.25) is 0 Å². The zero-order valence-electron chi connectivity index (χ0n) is 12.9. The summed E-state index contributed by atoms with van der Waals surface area (Å²) >= 11 is 3.36. The van der Waals surface area contributed by atoms with E-state index in [4.69, 9.17) is 10.00 Å². The number of carbonyl (C=O) groups is 1. The largest absolute Gasteiger partial charge is 0.490 e. The molecule has 2 heterocycles. The third kappa shape index (κ3) is 3.71. The summed E-state index contributed by atoms with van der Waals surface area (Å²) in [6.45, 7) is 1.25. The van der Waals surface area contributed by atoms with Crippen molar-refractivity contribution in [2.45, 2.75) is 18.9 Å². The summed E-state index contributed by atoms with van der Waals surface area (Å²) in [5.41, 5.74) is 0.944. The molecule has 1 aromatic heterocycles. The molecular formula is C17H15BrN4O2. The molecule has 24 heavy (non-hydrogen) atoms. The number of benzene rings is 1. The van der Waals surface area contributed by atoms with Crippen LogP contribution in [0.5, 0.6) is 5.75 Å². The van der Waals surface area contributed by atoms with Gasteiger partial charge in [-0.1, -0.05) is 0 Å². The quantitative estimate of drug-likeness (QED) is 0.809. The van der Waals surface area contributed by atoms with E-state index in [0.717, 1.165) is 23.1 Å². The van der Waals surface area contributed by atoms with Crippen molar-refractivity contribution >= 4 is 21.8 Å². The number of hydrogen-bond acceptors (Lipinski definition) is 5. The molecule has 0 bridgehead atoms. The van der Waals surface area contributed by atoms with Crippen molar-refractivity contribution in [1.29, 1.82) is 5.26 Å². The summed E-state index contributed by atoms with van der Waals surface area (Å²) in [5.74, 6) is 0.627. The molecule has 7 heteroatoms. The Balaban J connectivity index is 1.57. The molecule has 1 saturated heterocycles. The Morgan fingerprint density at radius 2 is 2.12 bits per heavy atom. The van der Waals surface area contributed by atoms with E-state index in [0.29, 0.717) is 24.3 Å². The minimum absolute atomic E-state index is 0.0516. The van der Waals surface area contributed by atoms with E-state index in [-0.39, 0.29) is 12.0 Å². The van der Waals surface area contributed by atoms with E-state index in [1.165, 1.54) is 0 Å². The normalized spacial score (nSPS) is 14.9. The highest BCUT2D eigenvalue weighted by Crippen LogP contribution is 2.25. The molecule has 0 atom stereocenters. The molecule has 0 aliphatic carbocycles. The van der Waals surface area contributed by atoms with Crippen molar-refractivity contribution in [3.8, 4) is 11.8 Å². The number of nitrogens with zero attached hydrogens (tertiary/aromatic N) is 4. The number of carbonyl (C=O) groups excluding carboxylic acids is 1. The lowest BCUT2D eigenvalue weighted by molar-refractivity contribution is 0.0589. The van der Waals surface area contributed by atoms with E-state index < -0.39 is 0 Å². The fraction of sp³-hybridized carbons (Fsp3) is 0.294. The van der Waals surface area contributed by atoms with Crippen molar-refractivity contribution in [2.75, 3.05) is 13.1 Å². The van der Waals surface area contributed by atoms with Crippen molar-refractivity contribution in [3.63, 3.8) is 0 Å². The Kier molecular flexibility index (Phi) is 5.06. The highest BCUT2D eigenvalue weighted by atomic mass is 79.9. The second kappa shape index (κ2) is 7.41. The highest BCUT2D eigenvalue weighted by molar-refractivity contribution is 9.10. The molecule has 1 fully saturated rings. The summed E-state index contributed by atoms with van der Waals surface area (Å²) in [5, 5.41) is 16.5. The van der Waals surface area contributed by atoms with E-state index in [1.54, 1.807) is 41.4 Å². The van der Waals surface area contributed by atoms with Crippen molar-refractivity contribution in [1.82, 2.24) is 15.1 Å². The summed E-state index contributed by atoms with van der Waals surface area (Å²) in [6.07, 6.45) is 3.11. The molecule has 0 N–H and O–H groups in total. The molecule has 0 unspecified atom stereocenters. The van der Waals surface area contributed by atoms with Crippen LogP contribution in [0.3, 0.4) is 0 Å². The van der Waals surface area contributed by atoms with Crippen LogP contribution in [-0.2, 0) is 0 Å². The van der Waals surface area contributed by atoms with Crippen LogP contribution in [0.25, 0.3) is 0 Å². The molecule has 6 nitrogen and oxygen atoms in total. The van der Waals surface area contributed by atoms with Gasteiger partial charge in [-0.05, 0) is 46.3 Å². The zero-order valence-corrected chi connectivity index (χ0v) is 14.4. The van der Waals surface area contributed by atoms with Crippen LogP contribution in [-0.4, -0.2) is 40.2 Å². The zero-order chi connectivity index (χ0) is 16.9. The Bertz CT molecular complexity index is 768. The number of rotatable bonds is 3. The van der Waals surface area contributed by atoms with E-state index in [1.807, 2.05) is 0 Å². The first-order valence-electron chi connectivity index (χ1n) is 7.60. The Morgan fingerprint density at radius 3 is 2.75 bits per heavy atom. The van der Waals surface area contributed by atoms with Crippen molar-refractivity contribution < 1.29 is 9.53 Å². The van der Waals surface area contributed by atoms with Crippen molar-refractivity contribution in [2.24, 2.45) is 0 Å². The Labute approximate surface area is 148 Å². The van der Waals surface area contributed by atoms with Crippen LogP contribution in [0.1, 0.15) is 28.9 Å². The van der Waals surface area contributed by atoms with Gasteiger partial charge in [-0.2, -0.15) is 10.4 Å². The molecule has 1 aromatic carbocycles. The minimum atomic E-state index is -0.0948. The number of likely N-dealkylation sites (tertiary alicyclic amines) is 1. The number of halogens is 1. The monoisotopic (exact) mass is 386 g/mol. The Morgan fingerprint density at radius 1 is 1.33 bits per heavy atom. The minimum Gasteiger partial charge on any atom is -0.490 e. The van der Waals surface area contributed by atoms with E-state index in [2.05, 4.69) is 32.2 Å². The van der Waals surface area contributed by atoms with Gasteiger partial charge >= 0.3 is 0 Å². The number of piperidine rings is 1. The summed E-state index contributed by atoms with van der Waals surface area (Å²) < 4.78 is 6.68. The first-order chi connectivity index (χ1) is 11.7. The van der Waals surface area contributed by atoms with Gasteiger partial charge in [0.05, 0.1) is 5.56 Å². The molecule has 3 rings (SSSR count). The first-order valence-corrected chi connectivity index (χ1v) is 8.40. The van der Waals surface area contributed by atoms with Gasteiger partial charge in [0, 0.05) is 36.6 Å². The summed E-state index contributed by atoms with van der Waals surface area (Å²) in [4.78, 5) is 14.1. The molecule has 0 saturated carbocycles. The SMILES string of the molecule is N#Cc1ccc(OC2CCN(C(=O)c3cccnn3)CC2)cc1Br. The molecule has 2 aromatic rings. The maximum atomic E-state index is 12.3. The number of hydrogen-bond donors (Lipinski definition) is 0. The number of ether oxygens (including phenoxy) is 1. The van der Waals surface area contributed by atoms with Crippen LogP contribution in [0.4, 0.5) is 0 Å². The lowest BCUT2D eigenvalue weighted by Gasteiger charge is -2.32. The van der Waals surface area contributed by atoms with Gasteiger partial charge in [0.25, 0.3) is 5.91 Å². The predicted molar refractivity (Wildman–Crippen MR) is 90.4 cm³/mol. The lowest BCUT2D eigenvalue weighted by atomic mass is 10.1. The number of aromatic nitrogens is 2. The molecule has 1 aliphatic heterocycles. The third-order valence-electron chi connectivity index (χ3n) is 3.88. The number of amides is 1. The fourth-order valence-electron chi connectivity index (χ4n) is 2.61. The Hall–Kier alpha value is -2.46. The van der Waals surface area contributed by atoms with Crippen LogP contribution >= 0.6 is 15.9 Å². The van der Waals surface area contributed by atoms with Gasteiger partial charge in [-0.25, -0.2) is 0 Å². The first kappa shape index (κ1) is 16.4. The molecule has 0 radical (unpaired) electrons.